The van der Waals surface area contributed by atoms with E-state index in [4.69, 9.17) is 11.6 Å². The number of hydrogen-bond acceptors (Lipinski definition) is 0. The van der Waals surface area contributed by atoms with Crippen LogP contribution in [0.5, 0.6) is 0 Å². The molecule has 0 atom stereocenters. The molecule has 0 heterocycles. The van der Waals surface area contributed by atoms with Gasteiger partial charge >= 0.3 is 0 Å². The van der Waals surface area contributed by atoms with Crippen LogP contribution in [0, 0.1) is 0 Å². The van der Waals surface area contributed by atoms with E-state index < -0.39 is 0 Å². The van der Waals surface area contributed by atoms with Gasteiger partial charge in [0.1, 0.15) is 0 Å². The van der Waals surface area contributed by atoms with Gasteiger partial charge in [-0.3, -0.25) is 0 Å². The number of benzene rings is 1. The van der Waals surface area contributed by atoms with Gasteiger partial charge in [-0.25, -0.2) is 0 Å². The van der Waals surface area contributed by atoms with Crippen LogP contribution in [0.25, 0.3) is 0 Å². The lowest BCUT2D eigenvalue weighted by Gasteiger charge is -2.21. The third-order valence-electron chi connectivity index (χ3n) is 3.03. The van der Waals surface area contributed by atoms with Crippen LogP contribution >= 0.6 is 11.6 Å². The maximum Gasteiger partial charge on any atom is 0.0226 e. The molecule has 0 unspecified atom stereocenters. The van der Waals surface area contributed by atoms with Crippen LogP contribution in [0.1, 0.15) is 50.8 Å². The van der Waals surface area contributed by atoms with E-state index in [1.807, 2.05) is 0 Å². The monoisotopic (exact) mass is 238 g/mol. The van der Waals surface area contributed by atoms with E-state index in [-0.39, 0.29) is 5.41 Å². The van der Waals surface area contributed by atoms with Crippen LogP contribution < -0.4 is 0 Å². The second-order valence-electron chi connectivity index (χ2n) is 5.38. The Hall–Kier alpha value is -0.490. The quantitative estimate of drug-likeness (QED) is 0.666. The molecule has 0 fully saturated rings. The predicted octanol–water partition coefficient (Wildman–Crippen LogP) is 4.72. The van der Waals surface area contributed by atoms with Crippen molar-refractivity contribution in [3.63, 3.8) is 0 Å². The molecule has 0 radical (unpaired) electrons. The average Bonchev–Trinajstić information content (AvgIpc) is 2.24. The molecular formula is C15H23Cl. The molecule has 0 amide bonds. The summed E-state index contributed by atoms with van der Waals surface area (Å²) in [5.41, 5.74) is 4.62. The number of alkyl halides is 1. The summed E-state index contributed by atoms with van der Waals surface area (Å²) in [5, 5.41) is 0. The highest BCUT2D eigenvalue weighted by Crippen LogP contribution is 2.25. The van der Waals surface area contributed by atoms with Gasteiger partial charge in [0.2, 0.25) is 0 Å². The minimum Gasteiger partial charge on any atom is -0.127 e. The molecule has 0 saturated carbocycles. The summed E-state index contributed by atoms with van der Waals surface area (Å²) in [6, 6.07) is 6.92. The summed E-state index contributed by atoms with van der Waals surface area (Å²) in [7, 11) is 0. The highest BCUT2D eigenvalue weighted by atomic mass is 35.5. The molecule has 1 heteroatoms. The van der Waals surface area contributed by atoms with Gasteiger partial charge in [-0.1, -0.05) is 45.9 Å². The predicted molar refractivity (Wildman–Crippen MR) is 73.6 cm³/mol. The van der Waals surface area contributed by atoms with E-state index in [0.29, 0.717) is 0 Å². The first-order valence-corrected chi connectivity index (χ1v) is 6.70. The Morgan fingerprint density at radius 1 is 1.12 bits per heavy atom. The molecular weight excluding hydrogens is 216 g/mol. The molecule has 0 bridgehead atoms. The molecule has 0 saturated heterocycles. The molecule has 0 aliphatic carbocycles. The molecule has 1 aromatic rings. The van der Waals surface area contributed by atoms with Crippen LogP contribution in [-0.4, -0.2) is 5.88 Å². The minimum absolute atomic E-state index is 0.238. The standard InChI is InChI=1S/C15H23Cl/c1-5-12-8-9-14(15(2,3)4)11-13(12)7-6-10-16/h8-9,11H,5-7,10H2,1-4H3. The zero-order valence-electron chi connectivity index (χ0n) is 10.9. The van der Waals surface area contributed by atoms with Crippen molar-refractivity contribution in [3.05, 3.63) is 34.9 Å². The molecule has 0 N–H and O–H groups in total. The maximum absolute atomic E-state index is 5.78. The zero-order chi connectivity index (χ0) is 12.2. The molecule has 0 spiro atoms. The van der Waals surface area contributed by atoms with E-state index in [1.54, 1.807) is 0 Å². The van der Waals surface area contributed by atoms with Gasteiger partial charge in [-0.05, 0) is 41.4 Å². The van der Waals surface area contributed by atoms with Crippen LogP contribution in [0.3, 0.4) is 0 Å². The summed E-state index contributed by atoms with van der Waals surface area (Å²) in [4.78, 5) is 0. The summed E-state index contributed by atoms with van der Waals surface area (Å²) in [6.07, 6.45) is 3.29. The molecule has 0 aliphatic rings. The average molecular weight is 239 g/mol. The SMILES string of the molecule is CCc1ccc(C(C)(C)C)cc1CCCCl. The Balaban J connectivity index is 3.01. The summed E-state index contributed by atoms with van der Waals surface area (Å²) in [5.74, 6) is 0.753. The Morgan fingerprint density at radius 3 is 2.31 bits per heavy atom. The van der Waals surface area contributed by atoms with E-state index in [2.05, 4.69) is 45.9 Å². The van der Waals surface area contributed by atoms with Gasteiger partial charge in [0, 0.05) is 5.88 Å². The first kappa shape index (κ1) is 13.6. The van der Waals surface area contributed by atoms with Crippen LogP contribution in [0.2, 0.25) is 0 Å². The fraction of sp³-hybridized carbons (Fsp3) is 0.600. The van der Waals surface area contributed by atoms with E-state index >= 15 is 0 Å². The number of aryl methyl sites for hydroxylation is 2. The fourth-order valence-electron chi connectivity index (χ4n) is 1.93. The van der Waals surface area contributed by atoms with Gasteiger partial charge in [0.25, 0.3) is 0 Å². The topological polar surface area (TPSA) is 0 Å². The summed E-state index contributed by atoms with van der Waals surface area (Å²) in [6.45, 7) is 9.01. The van der Waals surface area contributed by atoms with Crippen LogP contribution in [-0.2, 0) is 18.3 Å². The first-order chi connectivity index (χ1) is 7.49. The van der Waals surface area contributed by atoms with Crippen molar-refractivity contribution in [1.82, 2.24) is 0 Å². The molecule has 0 aliphatic heterocycles. The Morgan fingerprint density at radius 2 is 1.81 bits per heavy atom. The summed E-state index contributed by atoms with van der Waals surface area (Å²) < 4.78 is 0. The summed E-state index contributed by atoms with van der Waals surface area (Å²) >= 11 is 5.78. The smallest absolute Gasteiger partial charge is 0.0226 e. The van der Waals surface area contributed by atoms with Crippen LogP contribution in [0.15, 0.2) is 18.2 Å². The number of rotatable bonds is 4. The Kier molecular flexibility index (Phi) is 4.86. The Bertz CT molecular complexity index is 334. The maximum atomic E-state index is 5.78. The number of hydrogen-bond donors (Lipinski definition) is 0. The molecule has 1 aromatic carbocycles. The third kappa shape index (κ3) is 3.52. The van der Waals surface area contributed by atoms with Crippen molar-refractivity contribution in [2.45, 2.75) is 52.4 Å². The van der Waals surface area contributed by atoms with Crippen molar-refractivity contribution < 1.29 is 0 Å². The van der Waals surface area contributed by atoms with Gasteiger partial charge in [-0.2, -0.15) is 0 Å². The normalized spacial score (nSPS) is 11.8. The lowest BCUT2D eigenvalue weighted by atomic mass is 9.84. The minimum atomic E-state index is 0.238. The second-order valence-corrected chi connectivity index (χ2v) is 5.76. The van der Waals surface area contributed by atoms with Crippen LogP contribution in [0.4, 0.5) is 0 Å². The third-order valence-corrected chi connectivity index (χ3v) is 3.30. The van der Waals surface area contributed by atoms with Crippen molar-refractivity contribution in [2.75, 3.05) is 5.88 Å². The van der Waals surface area contributed by atoms with E-state index in [9.17, 15) is 0 Å². The highest BCUT2D eigenvalue weighted by molar-refractivity contribution is 6.17. The fourth-order valence-corrected chi connectivity index (χ4v) is 2.06. The van der Waals surface area contributed by atoms with Crippen molar-refractivity contribution >= 4 is 11.6 Å². The second kappa shape index (κ2) is 5.72. The zero-order valence-corrected chi connectivity index (χ0v) is 11.7. The molecule has 0 aromatic heterocycles. The molecule has 1 rings (SSSR count). The van der Waals surface area contributed by atoms with E-state index in [1.165, 1.54) is 16.7 Å². The van der Waals surface area contributed by atoms with Crippen molar-refractivity contribution in [2.24, 2.45) is 0 Å². The first-order valence-electron chi connectivity index (χ1n) is 6.17. The van der Waals surface area contributed by atoms with Crippen molar-refractivity contribution in [3.8, 4) is 0 Å². The highest BCUT2D eigenvalue weighted by Gasteiger charge is 2.14. The van der Waals surface area contributed by atoms with Crippen molar-refractivity contribution in [1.29, 1.82) is 0 Å². The van der Waals surface area contributed by atoms with Gasteiger partial charge in [-0.15, -0.1) is 11.6 Å². The van der Waals surface area contributed by atoms with Gasteiger partial charge in [0.15, 0.2) is 0 Å². The lowest BCUT2D eigenvalue weighted by molar-refractivity contribution is 0.588. The largest absolute Gasteiger partial charge is 0.127 e. The van der Waals surface area contributed by atoms with E-state index in [0.717, 1.165) is 25.1 Å². The molecule has 16 heavy (non-hydrogen) atoms. The number of halogens is 1. The Labute approximate surface area is 105 Å². The molecule has 90 valence electrons. The van der Waals surface area contributed by atoms with Gasteiger partial charge < -0.3 is 0 Å². The molecule has 0 nitrogen and oxygen atoms in total. The lowest BCUT2D eigenvalue weighted by Crippen LogP contribution is -2.12. The van der Waals surface area contributed by atoms with Gasteiger partial charge in [0.05, 0.1) is 0 Å².